The zero-order chi connectivity index (χ0) is 13.8. The Morgan fingerprint density at radius 2 is 2.00 bits per heavy atom. The third-order valence-electron chi connectivity index (χ3n) is 2.50. The van der Waals surface area contributed by atoms with Crippen LogP contribution < -0.4 is 15.6 Å². The molecule has 0 saturated heterocycles. The van der Waals surface area contributed by atoms with E-state index in [1.54, 1.807) is 13.2 Å². The number of methoxy groups -OCH3 is 1. The third-order valence-corrected chi connectivity index (χ3v) is 2.50. The van der Waals surface area contributed by atoms with Gasteiger partial charge >= 0.3 is 0 Å². The Labute approximate surface area is 109 Å². The van der Waals surface area contributed by atoms with E-state index in [2.05, 4.69) is 10.9 Å². The number of hydrogen-bond acceptors (Lipinski definition) is 3. The SMILES string of the molecule is CCc1c(OC)cccc1C(=O)NNC(C)(C)C. The molecule has 1 aromatic carbocycles. The van der Waals surface area contributed by atoms with Crippen molar-refractivity contribution >= 4 is 5.91 Å². The molecule has 0 saturated carbocycles. The van der Waals surface area contributed by atoms with E-state index < -0.39 is 0 Å². The first kappa shape index (κ1) is 14.5. The van der Waals surface area contributed by atoms with Crippen LogP contribution in [0.25, 0.3) is 0 Å². The Kier molecular flexibility index (Phi) is 4.73. The smallest absolute Gasteiger partial charge is 0.265 e. The van der Waals surface area contributed by atoms with Crippen molar-refractivity contribution < 1.29 is 9.53 Å². The maximum absolute atomic E-state index is 12.1. The lowest BCUT2D eigenvalue weighted by atomic mass is 10.0. The van der Waals surface area contributed by atoms with Crippen molar-refractivity contribution in [3.63, 3.8) is 0 Å². The number of amides is 1. The van der Waals surface area contributed by atoms with Gasteiger partial charge in [-0.1, -0.05) is 13.0 Å². The number of nitrogens with one attached hydrogen (secondary N) is 2. The van der Waals surface area contributed by atoms with E-state index in [4.69, 9.17) is 4.74 Å². The van der Waals surface area contributed by atoms with Crippen LogP contribution in [0.4, 0.5) is 0 Å². The van der Waals surface area contributed by atoms with Crippen LogP contribution in [0.5, 0.6) is 5.75 Å². The molecule has 18 heavy (non-hydrogen) atoms. The molecule has 0 spiro atoms. The van der Waals surface area contributed by atoms with Crippen LogP contribution in [0.3, 0.4) is 0 Å². The fraction of sp³-hybridized carbons (Fsp3) is 0.500. The Hall–Kier alpha value is -1.55. The van der Waals surface area contributed by atoms with E-state index in [-0.39, 0.29) is 11.4 Å². The molecule has 100 valence electrons. The maximum atomic E-state index is 12.1. The molecule has 2 N–H and O–H groups in total. The van der Waals surface area contributed by atoms with Gasteiger partial charge in [0.1, 0.15) is 5.75 Å². The average molecular weight is 250 g/mol. The highest BCUT2D eigenvalue weighted by molar-refractivity contribution is 5.96. The Morgan fingerprint density at radius 1 is 1.33 bits per heavy atom. The minimum absolute atomic E-state index is 0.138. The van der Waals surface area contributed by atoms with Crippen molar-refractivity contribution in [3.8, 4) is 5.75 Å². The summed E-state index contributed by atoms with van der Waals surface area (Å²) in [4.78, 5) is 12.1. The lowest BCUT2D eigenvalue weighted by molar-refractivity contribution is 0.0913. The lowest BCUT2D eigenvalue weighted by Crippen LogP contribution is -2.48. The van der Waals surface area contributed by atoms with Crippen molar-refractivity contribution in [1.29, 1.82) is 0 Å². The minimum atomic E-state index is -0.166. The molecule has 0 atom stereocenters. The summed E-state index contributed by atoms with van der Waals surface area (Å²) in [5, 5.41) is 0. The Morgan fingerprint density at radius 3 is 2.50 bits per heavy atom. The van der Waals surface area contributed by atoms with E-state index >= 15 is 0 Å². The van der Waals surface area contributed by atoms with Crippen molar-refractivity contribution in [2.24, 2.45) is 0 Å². The Balaban J connectivity index is 2.92. The van der Waals surface area contributed by atoms with Gasteiger partial charge in [-0.2, -0.15) is 0 Å². The molecule has 0 bridgehead atoms. The predicted molar refractivity (Wildman–Crippen MR) is 72.7 cm³/mol. The number of ether oxygens (including phenoxy) is 1. The van der Waals surface area contributed by atoms with Crippen molar-refractivity contribution in [2.45, 2.75) is 39.7 Å². The fourth-order valence-electron chi connectivity index (χ4n) is 1.65. The normalized spacial score (nSPS) is 11.2. The summed E-state index contributed by atoms with van der Waals surface area (Å²) >= 11 is 0. The number of hydrogen-bond donors (Lipinski definition) is 2. The van der Waals surface area contributed by atoms with E-state index in [1.165, 1.54) is 0 Å². The van der Waals surface area contributed by atoms with Crippen LogP contribution in [-0.2, 0) is 6.42 Å². The van der Waals surface area contributed by atoms with Crippen LogP contribution in [0, 0.1) is 0 Å². The summed E-state index contributed by atoms with van der Waals surface area (Å²) in [6.45, 7) is 7.96. The molecule has 0 fully saturated rings. The number of hydrazine groups is 1. The van der Waals surface area contributed by atoms with Crippen molar-refractivity contribution in [1.82, 2.24) is 10.9 Å². The van der Waals surface area contributed by atoms with Crippen LogP contribution in [0.2, 0.25) is 0 Å². The molecule has 0 aromatic heterocycles. The third kappa shape index (κ3) is 3.74. The summed E-state index contributed by atoms with van der Waals surface area (Å²) < 4.78 is 5.27. The van der Waals surface area contributed by atoms with Gasteiger partial charge in [-0.15, -0.1) is 0 Å². The molecule has 0 heterocycles. The maximum Gasteiger partial charge on any atom is 0.265 e. The molecular formula is C14H22N2O2. The predicted octanol–water partition coefficient (Wildman–Crippen LogP) is 2.29. The largest absolute Gasteiger partial charge is 0.496 e. The van der Waals surface area contributed by atoms with Gasteiger partial charge in [-0.05, 0) is 39.3 Å². The van der Waals surface area contributed by atoms with Crippen LogP contribution in [-0.4, -0.2) is 18.6 Å². The van der Waals surface area contributed by atoms with Gasteiger partial charge in [0.05, 0.1) is 7.11 Å². The van der Waals surface area contributed by atoms with E-state index in [0.717, 1.165) is 17.7 Å². The quantitative estimate of drug-likeness (QED) is 0.806. The van der Waals surface area contributed by atoms with Gasteiger partial charge in [0.25, 0.3) is 5.91 Å². The van der Waals surface area contributed by atoms with Gasteiger partial charge in [-0.3, -0.25) is 10.2 Å². The minimum Gasteiger partial charge on any atom is -0.496 e. The zero-order valence-electron chi connectivity index (χ0n) is 11.8. The molecule has 0 aliphatic rings. The topological polar surface area (TPSA) is 50.4 Å². The first-order valence-corrected chi connectivity index (χ1v) is 6.12. The molecule has 4 heteroatoms. The fourth-order valence-corrected chi connectivity index (χ4v) is 1.65. The summed E-state index contributed by atoms with van der Waals surface area (Å²) in [5.41, 5.74) is 7.09. The molecule has 0 radical (unpaired) electrons. The number of benzene rings is 1. The second-order valence-corrected chi connectivity index (χ2v) is 5.17. The highest BCUT2D eigenvalue weighted by atomic mass is 16.5. The monoisotopic (exact) mass is 250 g/mol. The molecule has 1 aromatic rings. The summed E-state index contributed by atoms with van der Waals surface area (Å²) in [6, 6.07) is 5.50. The van der Waals surface area contributed by atoms with Gasteiger partial charge in [-0.25, -0.2) is 5.43 Å². The van der Waals surface area contributed by atoms with E-state index in [0.29, 0.717) is 5.56 Å². The second-order valence-electron chi connectivity index (χ2n) is 5.17. The van der Waals surface area contributed by atoms with Gasteiger partial charge in [0.15, 0.2) is 0 Å². The van der Waals surface area contributed by atoms with Crippen molar-refractivity contribution in [3.05, 3.63) is 29.3 Å². The number of carbonyl (C=O) groups is 1. The summed E-state index contributed by atoms with van der Waals surface area (Å²) in [6.07, 6.45) is 0.752. The highest BCUT2D eigenvalue weighted by Crippen LogP contribution is 2.22. The van der Waals surface area contributed by atoms with Crippen LogP contribution in [0.15, 0.2) is 18.2 Å². The van der Waals surface area contributed by atoms with Crippen LogP contribution >= 0.6 is 0 Å². The first-order chi connectivity index (χ1) is 8.39. The molecule has 0 aliphatic carbocycles. The first-order valence-electron chi connectivity index (χ1n) is 6.12. The van der Waals surface area contributed by atoms with Crippen molar-refractivity contribution in [2.75, 3.05) is 7.11 Å². The molecule has 0 aliphatic heterocycles. The van der Waals surface area contributed by atoms with Gasteiger partial charge in [0.2, 0.25) is 0 Å². The average Bonchev–Trinajstić information content (AvgIpc) is 2.33. The molecular weight excluding hydrogens is 228 g/mol. The lowest BCUT2D eigenvalue weighted by Gasteiger charge is -2.21. The van der Waals surface area contributed by atoms with E-state index in [1.807, 2.05) is 39.8 Å². The standard InChI is InChI=1S/C14H22N2O2/c1-6-10-11(8-7-9-12(10)18-5)13(17)15-16-14(2,3)4/h7-9,16H,6H2,1-5H3,(H,15,17). The van der Waals surface area contributed by atoms with Gasteiger partial charge < -0.3 is 4.74 Å². The van der Waals surface area contributed by atoms with Gasteiger partial charge in [0, 0.05) is 16.7 Å². The van der Waals surface area contributed by atoms with Crippen LogP contribution in [0.1, 0.15) is 43.6 Å². The Bertz CT molecular complexity index is 422. The second kappa shape index (κ2) is 5.87. The zero-order valence-corrected chi connectivity index (χ0v) is 11.8. The summed E-state index contributed by atoms with van der Waals surface area (Å²) in [5.74, 6) is 0.613. The molecule has 1 rings (SSSR count). The summed E-state index contributed by atoms with van der Waals surface area (Å²) in [7, 11) is 1.61. The molecule has 0 unspecified atom stereocenters. The number of carbonyl (C=O) groups excluding carboxylic acids is 1. The highest BCUT2D eigenvalue weighted by Gasteiger charge is 2.16. The number of rotatable bonds is 4. The molecule has 1 amide bonds. The molecule has 4 nitrogen and oxygen atoms in total. The van der Waals surface area contributed by atoms with E-state index in [9.17, 15) is 4.79 Å².